The van der Waals surface area contributed by atoms with Crippen LogP contribution in [0.25, 0.3) is 0 Å². The van der Waals surface area contributed by atoms with Crippen molar-refractivity contribution < 1.29 is 14.0 Å². The van der Waals surface area contributed by atoms with E-state index in [1.165, 1.54) is 18.4 Å². The summed E-state index contributed by atoms with van der Waals surface area (Å²) in [5.74, 6) is -1.31. The Kier molecular flexibility index (Phi) is 3.57. The number of benzene rings is 1. The molecule has 0 unspecified atom stereocenters. The van der Waals surface area contributed by atoms with Crippen LogP contribution in [0, 0.1) is 5.82 Å². The van der Waals surface area contributed by atoms with E-state index in [4.69, 9.17) is 5.73 Å². The lowest BCUT2D eigenvalue weighted by atomic mass is 10.2. The van der Waals surface area contributed by atoms with Crippen LogP contribution in [-0.4, -0.2) is 16.7 Å². The van der Waals surface area contributed by atoms with Crippen LogP contribution in [0.2, 0.25) is 0 Å². The van der Waals surface area contributed by atoms with Crippen molar-refractivity contribution in [3.8, 4) is 0 Å². The number of nitrogens with zero attached hydrogens (tertiary/aromatic N) is 1. The van der Waals surface area contributed by atoms with Crippen molar-refractivity contribution >= 4 is 33.8 Å². The van der Waals surface area contributed by atoms with E-state index in [-0.39, 0.29) is 27.9 Å². The van der Waals surface area contributed by atoms with Crippen LogP contribution >= 0.6 is 11.3 Å². The molecule has 1 aromatic heterocycles. The molecule has 2 aromatic rings. The summed E-state index contributed by atoms with van der Waals surface area (Å²) < 4.78 is 13.1. The first-order valence-electron chi connectivity index (χ1n) is 5.29. The number of ketones is 1. The number of aromatic nitrogens is 1. The highest BCUT2D eigenvalue weighted by Gasteiger charge is 2.12. The molecule has 3 N–H and O–H groups in total. The maximum atomic E-state index is 13.1. The first-order chi connectivity index (χ1) is 8.95. The van der Waals surface area contributed by atoms with Gasteiger partial charge in [0, 0.05) is 23.6 Å². The lowest BCUT2D eigenvalue weighted by Crippen LogP contribution is -2.12. The summed E-state index contributed by atoms with van der Waals surface area (Å²) in [5.41, 5.74) is 5.99. The Morgan fingerprint density at radius 2 is 2.11 bits per heavy atom. The van der Waals surface area contributed by atoms with Crippen molar-refractivity contribution in [2.75, 3.05) is 11.1 Å². The summed E-state index contributed by atoms with van der Waals surface area (Å²) in [6.45, 7) is 1.38. The van der Waals surface area contributed by atoms with Crippen LogP contribution in [0.1, 0.15) is 27.8 Å². The molecule has 0 aliphatic heterocycles. The van der Waals surface area contributed by atoms with Crippen LogP contribution in [0.4, 0.5) is 15.2 Å². The van der Waals surface area contributed by atoms with Crippen molar-refractivity contribution in [2.24, 2.45) is 0 Å². The highest BCUT2D eigenvalue weighted by Crippen LogP contribution is 2.18. The number of Topliss-reactive ketones (excluding diaryl/α,β-unsaturated/α-hetero) is 1. The zero-order chi connectivity index (χ0) is 14.0. The summed E-state index contributed by atoms with van der Waals surface area (Å²) in [6, 6.07) is 3.55. The van der Waals surface area contributed by atoms with Crippen molar-refractivity contribution in [2.45, 2.75) is 6.92 Å². The number of rotatable bonds is 3. The topological polar surface area (TPSA) is 85.1 Å². The second-order valence-electron chi connectivity index (χ2n) is 3.82. The number of nitrogens with two attached hydrogens (primary N) is 1. The van der Waals surface area contributed by atoms with E-state index in [1.54, 1.807) is 0 Å². The van der Waals surface area contributed by atoms with Gasteiger partial charge in [-0.2, -0.15) is 0 Å². The first kappa shape index (κ1) is 13.2. The standard InChI is InChI=1S/C12H10FN3O2S/c1-6(17)10-5-19-12(15-10)16-11(18)7-2-8(13)4-9(14)3-7/h2-5H,14H2,1H3,(H,15,16,18). The van der Waals surface area contributed by atoms with Gasteiger partial charge in [-0.05, 0) is 18.2 Å². The van der Waals surface area contributed by atoms with E-state index in [9.17, 15) is 14.0 Å². The lowest BCUT2D eigenvalue weighted by Gasteiger charge is -2.03. The second kappa shape index (κ2) is 5.15. The molecule has 2 rings (SSSR count). The van der Waals surface area contributed by atoms with Gasteiger partial charge in [-0.25, -0.2) is 9.37 Å². The van der Waals surface area contributed by atoms with Crippen LogP contribution in [0.15, 0.2) is 23.6 Å². The molecule has 19 heavy (non-hydrogen) atoms. The smallest absolute Gasteiger partial charge is 0.257 e. The minimum Gasteiger partial charge on any atom is -0.399 e. The molecule has 1 aromatic carbocycles. The average molecular weight is 279 g/mol. The van der Waals surface area contributed by atoms with Gasteiger partial charge in [0.2, 0.25) is 0 Å². The monoisotopic (exact) mass is 279 g/mol. The van der Waals surface area contributed by atoms with Gasteiger partial charge in [-0.1, -0.05) is 0 Å². The fourth-order valence-corrected chi connectivity index (χ4v) is 2.15. The van der Waals surface area contributed by atoms with E-state index in [0.717, 1.165) is 23.5 Å². The highest BCUT2D eigenvalue weighted by atomic mass is 32.1. The number of carbonyl (C=O) groups excluding carboxylic acids is 2. The highest BCUT2D eigenvalue weighted by molar-refractivity contribution is 7.14. The van der Waals surface area contributed by atoms with Gasteiger partial charge in [0.15, 0.2) is 10.9 Å². The zero-order valence-electron chi connectivity index (χ0n) is 9.94. The summed E-state index contributed by atoms with van der Waals surface area (Å²) >= 11 is 1.12. The molecule has 0 atom stereocenters. The molecule has 5 nitrogen and oxygen atoms in total. The number of halogens is 1. The number of nitrogens with one attached hydrogen (secondary N) is 1. The third-order valence-corrected chi connectivity index (χ3v) is 3.03. The first-order valence-corrected chi connectivity index (χ1v) is 6.17. The second-order valence-corrected chi connectivity index (χ2v) is 4.68. The molecule has 0 radical (unpaired) electrons. The largest absolute Gasteiger partial charge is 0.399 e. The predicted octanol–water partition coefficient (Wildman–Crippen LogP) is 2.32. The Morgan fingerprint density at radius 3 is 2.68 bits per heavy atom. The summed E-state index contributed by atoms with van der Waals surface area (Å²) in [5, 5.41) is 4.30. The Bertz CT molecular complexity index is 634. The number of amides is 1. The molecule has 0 saturated carbocycles. The molecule has 0 bridgehead atoms. The predicted molar refractivity (Wildman–Crippen MR) is 70.9 cm³/mol. The van der Waals surface area contributed by atoms with Gasteiger partial charge in [0.25, 0.3) is 5.91 Å². The molecule has 1 heterocycles. The number of nitrogen functional groups attached to an aromatic ring is 1. The number of anilines is 2. The van der Waals surface area contributed by atoms with E-state index < -0.39 is 11.7 Å². The third kappa shape index (κ3) is 3.14. The molecule has 0 fully saturated rings. The van der Waals surface area contributed by atoms with Gasteiger partial charge in [-0.15, -0.1) is 11.3 Å². The summed E-state index contributed by atoms with van der Waals surface area (Å²) in [7, 11) is 0. The van der Waals surface area contributed by atoms with E-state index in [2.05, 4.69) is 10.3 Å². The van der Waals surface area contributed by atoms with E-state index >= 15 is 0 Å². The summed E-state index contributed by atoms with van der Waals surface area (Å²) in [4.78, 5) is 26.8. The van der Waals surface area contributed by atoms with E-state index in [0.29, 0.717) is 0 Å². The van der Waals surface area contributed by atoms with Gasteiger partial charge in [0.1, 0.15) is 11.5 Å². The third-order valence-electron chi connectivity index (χ3n) is 2.27. The maximum absolute atomic E-state index is 13.1. The Hall–Kier alpha value is -2.28. The molecule has 0 saturated heterocycles. The van der Waals surface area contributed by atoms with Crippen LogP contribution in [0.5, 0.6) is 0 Å². The summed E-state index contributed by atoms with van der Waals surface area (Å²) in [6.07, 6.45) is 0. The molecule has 1 amide bonds. The normalized spacial score (nSPS) is 10.2. The Balaban J connectivity index is 2.18. The molecule has 98 valence electrons. The van der Waals surface area contributed by atoms with Crippen molar-refractivity contribution in [3.63, 3.8) is 0 Å². The van der Waals surface area contributed by atoms with Crippen LogP contribution in [-0.2, 0) is 0 Å². The van der Waals surface area contributed by atoms with Gasteiger partial charge in [-0.3, -0.25) is 14.9 Å². The number of carbonyl (C=O) groups is 2. The van der Waals surface area contributed by atoms with Crippen molar-refractivity contribution in [3.05, 3.63) is 40.7 Å². The zero-order valence-corrected chi connectivity index (χ0v) is 10.8. The lowest BCUT2D eigenvalue weighted by molar-refractivity contribution is 0.100. The molecule has 0 aliphatic rings. The minimum atomic E-state index is -0.589. The molecule has 0 aliphatic carbocycles. The number of hydrogen-bond donors (Lipinski definition) is 2. The minimum absolute atomic E-state index is 0.0945. The number of hydrogen-bond acceptors (Lipinski definition) is 5. The average Bonchev–Trinajstić information content (AvgIpc) is 2.76. The fourth-order valence-electron chi connectivity index (χ4n) is 1.41. The molecular weight excluding hydrogens is 269 g/mol. The molecule has 7 heteroatoms. The Morgan fingerprint density at radius 1 is 1.37 bits per heavy atom. The van der Waals surface area contributed by atoms with Crippen molar-refractivity contribution in [1.29, 1.82) is 0 Å². The molecular formula is C12H10FN3O2S. The van der Waals surface area contributed by atoms with Crippen molar-refractivity contribution in [1.82, 2.24) is 4.98 Å². The van der Waals surface area contributed by atoms with Crippen LogP contribution < -0.4 is 11.1 Å². The maximum Gasteiger partial charge on any atom is 0.257 e. The quantitative estimate of drug-likeness (QED) is 0.667. The SMILES string of the molecule is CC(=O)c1csc(NC(=O)c2cc(N)cc(F)c2)n1. The fraction of sp³-hybridized carbons (Fsp3) is 0.0833. The van der Waals surface area contributed by atoms with E-state index in [1.807, 2.05) is 0 Å². The van der Waals surface area contributed by atoms with Gasteiger partial charge >= 0.3 is 0 Å². The Labute approximate surface area is 112 Å². The number of thiazole rings is 1. The van der Waals surface area contributed by atoms with Gasteiger partial charge in [0.05, 0.1) is 0 Å². The van der Waals surface area contributed by atoms with Gasteiger partial charge < -0.3 is 5.73 Å². The molecule has 0 spiro atoms. The van der Waals surface area contributed by atoms with Crippen LogP contribution in [0.3, 0.4) is 0 Å².